The maximum atomic E-state index is 13.3. The van der Waals surface area contributed by atoms with Gasteiger partial charge in [-0.05, 0) is 39.8 Å². The van der Waals surface area contributed by atoms with Crippen LogP contribution in [0.5, 0.6) is 0 Å². The van der Waals surface area contributed by atoms with Crippen LogP contribution in [-0.4, -0.2) is 30.2 Å². The van der Waals surface area contributed by atoms with Crippen LogP contribution in [0.4, 0.5) is 4.79 Å². The molecule has 4 rings (SSSR count). The molecule has 1 aliphatic rings. The second-order valence-electron chi connectivity index (χ2n) is 8.83. The van der Waals surface area contributed by atoms with Crippen LogP contribution in [0.15, 0.2) is 72.8 Å². The Balaban J connectivity index is 1.52. The zero-order valence-corrected chi connectivity index (χ0v) is 20.0. The fraction of sp³-hybridized carbons (Fsp3) is 0.321. The Kier molecular flexibility index (Phi) is 7.36. The van der Waals surface area contributed by atoms with Crippen LogP contribution in [-0.2, 0) is 11.3 Å². The molecule has 0 aromatic heterocycles. The number of nitrogens with two attached hydrogens (primary N) is 1. The van der Waals surface area contributed by atoms with E-state index in [-0.39, 0.29) is 24.7 Å². The first kappa shape index (κ1) is 23.3. The lowest BCUT2D eigenvalue weighted by molar-refractivity contribution is 0.0924. The standard InChI is InChI=1S/C28H31ClN2O2/c1-3-19(2)27(30)17-31(16-20-10-4-9-15-26(20)29)28(32)33-18-25-23-13-7-5-11-21(23)22-12-6-8-14-24(22)25/h4-15,19,25,27H,3,16-18,30H2,1-2H3/t19-,27+/m0/s1. The topological polar surface area (TPSA) is 55.6 Å². The molecule has 0 bridgehead atoms. The van der Waals surface area contributed by atoms with Gasteiger partial charge in [0.1, 0.15) is 6.61 Å². The van der Waals surface area contributed by atoms with Crippen molar-refractivity contribution in [3.05, 3.63) is 94.5 Å². The Labute approximate surface area is 201 Å². The number of benzene rings is 3. The van der Waals surface area contributed by atoms with Crippen molar-refractivity contribution in [2.24, 2.45) is 11.7 Å². The summed E-state index contributed by atoms with van der Waals surface area (Å²) in [5.41, 5.74) is 12.1. The summed E-state index contributed by atoms with van der Waals surface area (Å²) in [6.07, 6.45) is 0.585. The lowest BCUT2D eigenvalue weighted by Crippen LogP contribution is -2.44. The molecule has 0 radical (unpaired) electrons. The highest BCUT2D eigenvalue weighted by Crippen LogP contribution is 2.44. The van der Waals surface area contributed by atoms with E-state index >= 15 is 0 Å². The van der Waals surface area contributed by atoms with Crippen LogP contribution in [0, 0.1) is 5.92 Å². The summed E-state index contributed by atoms with van der Waals surface area (Å²) < 4.78 is 5.92. The van der Waals surface area contributed by atoms with E-state index < -0.39 is 0 Å². The molecule has 0 fully saturated rings. The Hall–Kier alpha value is -2.82. The third-order valence-electron chi connectivity index (χ3n) is 6.72. The van der Waals surface area contributed by atoms with Crippen LogP contribution in [0.1, 0.15) is 42.9 Å². The molecule has 2 atom stereocenters. The highest BCUT2D eigenvalue weighted by atomic mass is 35.5. The first-order valence-electron chi connectivity index (χ1n) is 11.6. The molecule has 0 aliphatic heterocycles. The number of halogens is 1. The summed E-state index contributed by atoms with van der Waals surface area (Å²) in [5.74, 6) is 0.312. The number of amides is 1. The first-order valence-corrected chi connectivity index (χ1v) is 12.0. The van der Waals surface area contributed by atoms with E-state index in [4.69, 9.17) is 22.1 Å². The Morgan fingerprint density at radius 2 is 1.58 bits per heavy atom. The van der Waals surface area contributed by atoms with Gasteiger partial charge in [-0.25, -0.2) is 4.79 Å². The van der Waals surface area contributed by atoms with Gasteiger partial charge >= 0.3 is 6.09 Å². The van der Waals surface area contributed by atoms with E-state index in [0.717, 1.165) is 12.0 Å². The minimum absolute atomic E-state index is 0.0201. The van der Waals surface area contributed by atoms with Gasteiger partial charge in [-0.3, -0.25) is 0 Å². The first-order chi connectivity index (χ1) is 16.0. The molecule has 0 heterocycles. The highest BCUT2D eigenvalue weighted by Gasteiger charge is 2.30. The van der Waals surface area contributed by atoms with E-state index in [2.05, 4.69) is 38.1 Å². The molecule has 0 spiro atoms. The summed E-state index contributed by atoms with van der Waals surface area (Å²) in [4.78, 5) is 15.0. The Morgan fingerprint density at radius 1 is 1.00 bits per heavy atom. The van der Waals surface area contributed by atoms with Crippen molar-refractivity contribution in [1.82, 2.24) is 4.90 Å². The lowest BCUT2D eigenvalue weighted by atomic mass is 9.98. The van der Waals surface area contributed by atoms with E-state index in [1.54, 1.807) is 4.90 Å². The molecule has 0 saturated carbocycles. The molecule has 1 aliphatic carbocycles. The largest absolute Gasteiger partial charge is 0.448 e. The molecule has 3 aromatic rings. The van der Waals surface area contributed by atoms with Crippen LogP contribution in [0.25, 0.3) is 11.1 Å². The lowest BCUT2D eigenvalue weighted by Gasteiger charge is -2.29. The molecule has 4 nitrogen and oxygen atoms in total. The fourth-order valence-corrected chi connectivity index (χ4v) is 4.65. The number of fused-ring (bicyclic) bond motifs is 3. The van der Waals surface area contributed by atoms with Crippen LogP contribution in [0.2, 0.25) is 5.02 Å². The molecule has 0 saturated heterocycles. The number of rotatable bonds is 8. The predicted octanol–water partition coefficient (Wildman–Crippen LogP) is 6.46. The van der Waals surface area contributed by atoms with Gasteiger partial charge in [-0.1, -0.05) is 98.6 Å². The van der Waals surface area contributed by atoms with E-state index in [1.165, 1.54) is 22.3 Å². The van der Waals surface area contributed by atoms with Crippen molar-refractivity contribution < 1.29 is 9.53 Å². The Bertz CT molecular complexity index is 1070. The third-order valence-corrected chi connectivity index (χ3v) is 7.09. The summed E-state index contributed by atoms with van der Waals surface area (Å²) in [6.45, 7) is 5.27. The molecule has 5 heteroatoms. The summed E-state index contributed by atoms with van der Waals surface area (Å²) in [7, 11) is 0. The molecule has 172 valence electrons. The van der Waals surface area contributed by atoms with Gasteiger partial charge in [-0.2, -0.15) is 0 Å². The molecule has 1 amide bonds. The third kappa shape index (κ3) is 5.07. The number of hydrogen-bond donors (Lipinski definition) is 1. The molecular weight excluding hydrogens is 432 g/mol. The van der Waals surface area contributed by atoms with Gasteiger partial charge in [0.25, 0.3) is 0 Å². The second kappa shape index (κ2) is 10.4. The van der Waals surface area contributed by atoms with Gasteiger partial charge in [0.15, 0.2) is 0 Å². The summed E-state index contributed by atoms with van der Waals surface area (Å²) >= 11 is 6.38. The maximum absolute atomic E-state index is 13.3. The van der Waals surface area contributed by atoms with E-state index in [1.807, 2.05) is 48.5 Å². The highest BCUT2D eigenvalue weighted by molar-refractivity contribution is 6.31. The van der Waals surface area contributed by atoms with Gasteiger partial charge in [0.2, 0.25) is 0 Å². The fourth-order valence-electron chi connectivity index (χ4n) is 4.46. The van der Waals surface area contributed by atoms with Crippen LogP contribution in [0.3, 0.4) is 0 Å². The van der Waals surface area contributed by atoms with Crippen molar-refractivity contribution in [3.8, 4) is 11.1 Å². The van der Waals surface area contributed by atoms with Crippen molar-refractivity contribution in [2.75, 3.05) is 13.2 Å². The zero-order chi connectivity index (χ0) is 23.4. The van der Waals surface area contributed by atoms with E-state index in [0.29, 0.717) is 24.0 Å². The molecule has 3 aromatic carbocycles. The SMILES string of the molecule is CC[C@H](C)[C@H](N)CN(Cc1ccccc1Cl)C(=O)OCC1c2ccccc2-c2ccccc21. The minimum atomic E-state index is -0.365. The van der Waals surface area contributed by atoms with Crippen molar-refractivity contribution in [2.45, 2.75) is 38.8 Å². The summed E-state index contributed by atoms with van der Waals surface area (Å²) in [5, 5.41) is 0.631. The van der Waals surface area contributed by atoms with Crippen LogP contribution >= 0.6 is 11.6 Å². The molecule has 0 unspecified atom stereocenters. The number of ether oxygens (including phenoxy) is 1. The predicted molar refractivity (Wildman–Crippen MR) is 134 cm³/mol. The van der Waals surface area contributed by atoms with Crippen molar-refractivity contribution in [1.29, 1.82) is 0 Å². The van der Waals surface area contributed by atoms with Crippen molar-refractivity contribution >= 4 is 17.7 Å². The average molecular weight is 463 g/mol. The summed E-state index contributed by atoms with van der Waals surface area (Å²) in [6, 6.07) is 24.1. The maximum Gasteiger partial charge on any atom is 0.410 e. The molecular formula is C28H31ClN2O2. The number of carbonyl (C=O) groups is 1. The quantitative estimate of drug-likeness (QED) is 0.417. The van der Waals surface area contributed by atoms with Gasteiger partial charge in [0.05, 0.1) is 6.54 Å². The molecule has 33 heavy (non-hydrogen) atoms. The van der Waals surface area contributed by atoms with Gasteiger partial charge < -0.3 is 15.4 Å². The minimum Gasteiger partial charge on any atom is -0.448 e. The average Bonchev–Trinajstić information content (AvgIpc) is 3.16. The second-order valence-corrected chi connectivity index (χ2v) is 9.23. The monoisotopic (exact) mass is 462 g/mol. The van der Waals surface area contributed by atoms with E-state index in [9.17, 15) is 4.79 Å². The molecule has 2 N–H and O–H groups in total. The smallest absolute Gasteiger partial charge is 0.410 e. The van der Waals surface area contributed by atoms with Gasteiger partial charge in [0, 0.05) is 23.5 Å². The van der Waals surface area contributed by atoms with Gasteiger partial charge in [-0.15, -0.1) is 0 Å². The normalized spacial score (nSPS) is 14.3. The number of carbonyl (C=O) groups excluding carboxylic acids is 1. The number of nitrogens with zero attached hydrogens (tertiary/aromatic N) is 1. The Morgan fingerprint density at radius 3 is 2.18 bits per heavy atom. The zero-order valence-electron chi connectivity index (χ0n) is 19.2. The van der Waals surface area contributed by atoms with Crippen molar-refractivity contribution in [3.63, 3.8) is 0 Å². The number of hydrogen-bond acceptors (Lipinski definition) is 3. The van der Waals surface area contributed by atoms with Crippen LogP contribution < -0.4 is 5.73 Å².